The average Bonchev–Trinajstić information content (AvgIpc) is 3.29. The lowest BCUT2D eigenvalue weighted by atomic mass is 9.92. The maximum absolute atomic E-state index is 12.9. The fourth-order valence-corrected chi connectivity index (χ4v) is 5.11. The Kier molecular flexibility index (Phi) is 6.31. The number of amides is 1. The van der Waals surface area contributed by atoms with E-state index in [-0.39, 0.29) is 42.5 Å². The molecule has 3 heterocycles. The molecule has 0 spiro atoms. The number of fused-ring (bicyclic) bond motifs is 1. The van der Waals surface area contributed by atoms with Gasteiger partial charge in [-0.15, -0.1) is 35.1 Å². The summed E-state index contributed by atoms with van der Waals surface area (Å²) in [4.78, 5) is 31.4. The summed E-state index contributed by atoms with van der Waals surface area (Å²) >= 11 is 3.04. The van der Waals surface area contributed by atoms with Crippen LogP contribution in [0, 0.1) is 0 Å². The van der Waals surface area contributed by atoms with Gasteiger partial charge in [0.25, 0.3) is 5.56 Å². The Morgan fingerprint density at radius 3 is 2.78 bits per heavy atom. The summed E-state index contributed by atoms with van der Waals surface area (Å²) in [5.74, 6) is -0.151. The normalized spacial score (nSPS) is 19.6. The topological polar surface area (TPSA) is 90.0 Å². The lowest BCUT2D eigenvalue weighted by Gasteiger charge is -2.26. The Balaban J connectivity index is 0.00000210. The molecule has 1 saturated carbocycles. The third-order valence-corrected chi connectivity index (χ3v) is 6.59. The van der Waals surface area contributed by atoms with Crippen LogP contribution in [0.4, 0.5) is 0 Å². The fourth-order valence-electron chi connectivity index (χ4n) is 3.38. The monoisotopic (exact) mass is 424 g/mol. The quantitative estimate of drug-likeness (QED) is 0.673. The summed E-state index contributed by atoms with van der Waals surface area (Å²) < 4.78 is 1.40. The van der Waals surface area contributed by atoms with Crippen LogP contribution in [0.1, 0.15) is 25.7 Å². The molecule has 0 unspecified atom stereocenters. The van der Waals surface area contributed by atoms with Crippen molar-refractivity contribution in [1.82, 2.24) is 14.9 Å². The number of rotatable bonds is 4. The van der Waals surface area contributed by atoms with E-state index in [1.165, 1.54) is 22.2 Å². The molecule has 0 bridgehead atoms. The molecule has 0 aromatic carbocycles. The molecule has 3 N–H and O–H groups in total. The van der Waals surface area contributed by atoms with Gasteiger partial charge >= 0.3 is 0 Å². The van der Waals surface area contributed by atoms with Crippen molar-refractivity contribution in [3.63, 3.8) is 0 Å². The molecule has 6 nitrogen and oxygen atoms in total. The van der Waals surface area contributed by atoms with E-state index in [9.17, 15) is 9.59 Å². The number of hydrogen-bond acceptors (Lipinski definition) is 6. The number of halogens is 1. The maximum Gasteiger partial charge on any atom is 0.263 e. The van der Waals surface area contributed by atoms with Gasteiger partial charge < -0.3 is 11.1 Å². The smallest absolute Gasteiger partial charge is 0.263 e. The Morgan fingerprint density at radius 1 is 1.30 bits per heavy atom. The van der Waals surface area contributed by atoms with E-state index in [0.29, 0.717) is 10.2 Å². The molecule has 4 rings (SSSR count). The molecule has 0 radical (unpaired) electrons. The molecule has 9 heteroatoms. The van der Waals surface area contributed by atoms with Crippen LogP contribution in [0.3, 0.4) is 0 Å². The van der Waals surface area contributed by atoms with Crippen molar-refractivity contribution in [3.05, 3.63) is 39.6 Å². The first-order valence-corrected chi connectivity index (χ1v) is 10.4. The zero-order valence-corrected chi connectivity index (χ0v) is 17.0. The van der Waals surface area contributed by atoms with Gasteiger partial charge in [-0.3, -0.25) is 14.2 Å². The van der Waals surface area contributed by atoms with Crippen LogP contribution in [0.15, 0.2) is 34.0 Å². The molecule has 0 aliphatic heterocycles. The molecule has 144 valence electrons. The molecule has 1 aliphatic rings. The van der Waals surface area contributed by atoms with Crippen LogP contribution in [-0.2, 0) is 11.3 Å². The van der Waals surface area contributed by atoms with Crippen LogP contribution in [0.2, 0.25) is 0 Å². The van der Waals surface area contributed by atoms with Crippen molar-refractivity contribution in [2.24, 2.45) is 5.73 Å². The third-order valence-electron chi connectivity index (χ3n) is 4.80. The number of nitrogens with two attached hydrogens (primary N) is 1. The summed E-state index contributed by atoms with van der Waals surface area (Å²) in [6.45, 7) is -0.00987. The molecular formula is C18H21ClN4O2S2. The second kappa shape index (κ2) is 8.52. The van der Waals surface area contributed by atoms with E-state index in [2.05, 4.69) is 10.3 Å². The first-order valence-electron chi connectivity index (χ1n) is 8.67. The number of hydrogen-bond donors (Lipinski definition) is 2. The van der Waals surface area contributed by atoms with Crippen LogP contribution >= 0.6 is 35.1 Å². The minimum atomic E-state index is -0.166. The second-order valence-corrected chi connectivity index (χ2v) is 8.47. The van der Waals surface area contributed by atoms with Crippen LogP contribution in [0.25, 0.3) is 20.7 Å². The molecule has 0 saturated heterocycles. The summed E-state index contributed by atoms with van der Waals surface area (Å²) in [6, 6.07) is 4.34. The highest BCUT2D eigenvalue weighted by molar-refractivity contribution is 7.18. The van der Waals surface area contributed by atoms with Gasteiger partial charge in [0.1, 0.15) is 11.4 Å². The van der Waals surface area contributed by atoms with Crippen molar-refractivity contribution < 1.29 is 4.79 Å². The van der Waals surface area contributed by atoms with Crippen LogP contribution in [-0.4, -0.2) is 27.5 Å². The summed E-state index contributed by atoms with van der Waals surface area (Å²) in [5.41, 5.74) is 6.63. The van der Waals surface area contributed by atoms with E-state index >= 15 is 0 Å². The number of aromatic nitrogens is 2. The van der Waals surface area contributed by atoms with Crippen LogP contribution < -0.4 is 16.6 Å². The summed E-state index contributed by atoms with van der Waals surface area (Å²) in [5, 5.41) is 7.56. The van der Waals surface area contributed by atoms with Gasteiger partial charge in [-0.25, -0.2) is 4.98 Å². The van der Waals surface area contributed by atoms with Gasteiger partial charge in [-0.05, 0) is 37.1 Å². The lowest BCUT2D eigenvalue weighted by molar-refractivity contribution is -0.122. The van der Waals surface area contributed by atoms with E-state index in [1.54, 1.807) is 11.3 Å². The summed E-state index contributed by atoms with van der Waals surface area (Å²) in [6.07, 6.45) is 5.11. The number of carbonyl (C=O) groups excluding carboxylic acids is 1. The van der Waals surface area contributed by atoms with Crippen molar-refractivity contribution >= 4 is 51.2 Å². The number of nitrogens with one attached hydrogen (secondary N) is 1. The number of carbonyl (C=O) groups is 1. The third kappa shape index (κ3) is 4.24. The molecule has 1 aliphatic carbocycles. The van der Waals surface area contributed by atoms with Crippen LogP contribution in [0.5, 0.6) is 0 Å². The Hall–Kier alpha value is -1.74. The molecule has 0 atom stereocenters. The minimum absolute atomic E-state index is 0. The van der Waals surface area contributed by atoms with Crippen molar-refractivity contribution in [2.75, 3.05) is 0 Å². The largest absolute Gasteiger partial charge is 0.352 e. The Morgan fingerprint density at radius 2 is 2.07 bits per heavy atom. The molecule has 1 fully saturated rings. The maximum atomic E-state index is 12.9. The highest BCUT2D eigenvalue weighted by Crippen LogP contribution is 2.33. The van der Waals surface area contributed by atoms with Crippen molar-refractivity contribution in [2.45, 2.75) is 44.3 Å². The van der Waals surface area contributed by atoms with Gasteiger partial charge in [0.15, 0.2) is 0 Å². The molecule has 1 amide bonds. The minimum Gasteiger partial charge on any atom is -0.352 e. The van der Waals surface area contributed by atoms with E-state index in [1.807, 2.05) is 22.9 Å². The average molecular weight is 425 g/mol. The first kappa shape index (κ1) is 20.0. The summed E-state index contributed by atoms with van der Waals surface area (Å²) in [7, 11) is 0. The second-order valence-electron chi connectivity index (χ2n) is 6.66. The zero-order chi connectivity index (χ0) is 18.1. The fraction of sp³-hybridized carbons (Fsp3) is 0.389. The Labute approximate surface area is 170 Å². The molecule has 3 aromatic rings. The zero-order valence-electron chi connectivity index (χ0n) is 14.6. The van der Waals surface area contributed by atoms with Crippen molar-refractivity contribution in [1.29, 1.82) is 0 Å². The predicted molar refractivity (Wildman–Crippen MR) is 113 cm³/mol. The van der Waals surface area contributed by atoms with Gasteiger partial charge in [0.2, 0.25) is 5.91 Å². The standard InChI is InChI=1S/C18H20N4O2S2.ClH/c19-11-3-5-12(6-4-11)21-15(23)8-22-10-20-17-16(18(22)24)13(9-26-17)14-2-1-7-25-14;/h1-2,7,9-12H,3-6,8,19H2,(H,21,23);1H. The van der Waals surface area contributed by atoms with Crippen molar-refractivity contribution in [3.8, 4) is 10.4 Å². The molecular weight excluding hydrogens is 404 g/mol. The van der Waals surface area contributed by atoms with E-state index < -0.39 is 0 Å². The number of thiophene rings is 2. The molecule has 27 heavy (non-hydrogen) atoms. The number of nitrogens with zero attached hydrogens (tertiary/aromatic N) is 2. The highest BCUT2D eigenvalue weighted by atomic mass is 35.5. The Bertz CT molecular complexity index is 975. The van der Waals surface area contributed by atoms with E-state index in [4.69, 9.17) is 5.73 Å². The van der Waals surface area contributed by atoms with Gasteiger partial charge in [0.05, 0.1) is 11.7 Å². The highest BCUT2D eigenvalue weighted by Gasteiger charge is 2.21. The predicted octanol–water partition coefficient (Wildman–Crippen LogP) is 2.99. The van der Waals surface area contributed by atoms with Gasteiger partial charge in [-0.2, -0.15) is 0 Å². The van der Waals surface area contributed by atoms with E-state index in [0.717, 1.165) is 36.1 Å². The lowest BCUT2D eigenvalue weighted by Crippen LogP contribution is -2.42. The van der Waals surface area contributed by atoms with Gasteiger partial charge in [0, 0.05) is 27.9 Å². The first-order chi connectivity index (χ1) is 12.6. The SMILES string of the molecule is Cl.NC1CCC(NC(=O)Cn2cnc3scc(-c4cccs4)c3c2=O)CC1. The van der Waals surface area contributed by atoms with Gasteiger partial charge in [-0.1, -0.05) is 6.07 Å². The molecule has 3 aromatic heterocycles.